The third-order valence-electron chi connectivity index (χ3n) is 4.22. The number of halogens is 1. The molecule has 0 bridgehead atoms. The van der Waals surface area contributed by atoms with E-state index in [0.29, 0.717) is 6.10 Å². The van der Waals surface area contributed by atoms with Gasteiger partial charge in [0.15, 0.2) is 0 Å². The molecule has 2 rings (SSSR count). The molecule has 1 aromatic rings. The van der Waals surface area contributed by atoms with Crippen molar-refractivity contribution >= 4 is 17.3 Å². The molecule has 0 saturated carbocycles. The Morgan fingerprint density at radius 1 is 1.43 bits per heavy atom. The zero-order valence-corrected chi connectivity index (χ0v) is 13.9. The van der Waals surface area contributed by atoms with Gasteiger partial charge in [0.2, 0.25) is 0 Å². The Morgan fingerprint density at radius 2 is 2.24 bits per heavy atom. The standard InChI is InChI=1S/C17H27ClN2O/c1-3-15(19)11-13-10-14(18)7-8-17(13)20(4-2)12-16-6-5-9-21-16/h7-8,10,15-16H,3-6,9,11-12,19H2,1-2H3. The topological polar surface area (TPSA) is 38.5 Å². The first-order chi connectivity index (χ1) is 10.1. The Labute approximate surface area is 133 Å². The lowest BCUT2D eigenvalue weighted by Crippen LogP contribution is -2.33. The maximum Gasteiger partial charge on any atom is 0.0750 e. The van der Waals surface area contributed by atoms with E-state index in [2.05, 4.69) is 30.9 Å². The van der Waals surface area contributed by atoms with Crippen molar-refractivity contribution in [2.24, 2.45) is 5.73 Å². The summed E-state index contributed by atoms with van der Waals surface area (Å²) in [6.07, 6.45) is 4.54. The van der Waals surface area contributed by atoms with Gasteiger partial charge in [-0.05, 0) is 56.4 Å². The molecule has 2 unspecified atom stereocenters. The monoisotopic (exact) mass is 310 g/mol. The van der Waals surface area contributed by atoms with Gasteiger partial charge in [0.25, 0.3) is 0 Å². The minimum Gasteiger partial charge on any atom is -0.376 e. The second-order valence-electron chi connectivity index (χ2n) is 5.82. The highest BCUT2D eigenvalue weighted by Crippen LogP contribution is 2.27. The van der Waals surface area contributed by atoms with Crippen LogP contribution in [0.3, 0.4) is 0 Å². The summed E-state index contributed by atoms with van der Waals surface area (Å²) >= 11 is 6.18. The normalized spacial score (nSPS) is 19.7. The largest absolute Gasteiger partial charge is 0.376 e. The Kier molecular flexibility index (Phi) is 6.34. The smallest absolute Gasteiger partial charge is 0.0750 e. The molecule has 0 spiro atoms. The van der Waals surface area contributed by atoms with E-state index in [-0.39, 0.29) is 6.04 Å². The molecule has 0 radical (unpaired) electrons. The summed E-state index contributed by atoms with van der Waals surface area (Å²) in [4.78, 5) is 2.39. The summed E-state index contributed by atoms with van der Waals surface area (Å²) < 4.78 is 5.78. The van der Waals surface area contributed by atoms with Crippen LogP contribution < -0.4 is 10.6 Å². The Hall–Kier alpha value is -0.770. The molecule has 21 heavy (non-hydrogen) atoms. The average Bonchev–Trinajstić information content (AvgIpc) is 2.98. The number of hydrogen-bond donors (Lipinski definition) is 1. The lowest BCUT2D eigenvalue weighted by molar-refractivity contribution is 0.115. The molecule has 118 valence electrons. The van der Waals surface area contributed by atoms with Gasteiger partial charge in [-0.3, -0.25) is 0 Å². The van der Waals surface area contributed by atoms with E-state index in [1.54, 1.807) is 0 Å². The van der Waals surface area contributed by atoms with Crippen LogP contribution in [0.4, 0.5) is 5.69 Å². The molecule has 0 aliphatic carbocycles. The Balaban J connectivity index is 2.17. The third-order valence-corrected chi connectivity index (χ3v) is 4.45. The zero-order valence-electron chi connectivity index (χ0n) is 13.1. The van der Waals surface area contributed by atoms with Gasteiger partial charge in [-0.1, -0.05) is 18.5 Å². The molecule has 2 N–H and O–H groups in total. The number of hydrogen-bond acceptors (Lipinski definition) is 3. The van der Waals surface area contributed by atoms with E-state index in [1.165, 1.54) is 17.7 Å². The highest BCUT2D eigenvalue weighted by Gasteiger charge is 2.20. The van der Waals surface area contributed by atoms with Crippen molar-refractivity contribution < 1.29 is 4.74 Å². The molecule has 3 nitrogen and oxygen atoms in total. The summed E-state index contributed by atoms with van der Waals surface area (Å²) in [5, 5.41) is 0.783. The van der Waals surface area contributed by atoms with Gasteiger partial charge in [0.05, 0.1) is 6.10 Å². The molecule has 1 heterocycles. The minimum absolute atomic E-state index is 0.184. The Morgan fingerprint density at radius 3 is 2.86 bits per heavy atom. The first-order valence-electron chi connectivity index (χ1n) is 8.04. The van der Waals surface area contributed by atoms with Crippen LogP contribution in [0, 0.1) is 0 Å². The lowest BCUT2D eigenvalue weighted by Gasteiger charge is -2.29. The van der Waals surface area contributed by atoms with Crippen LogP contribution in [-0.4, -0.2) is 31.8 Å². The number of rotatable bonds is 7. The van der Waals surface area contributed by atoms with Gasteiger partial charge < -0.3 is 15.4 Å². The fourth-order valence-corrected chi connectivity index (χ4v) is 3.08. The predicted octanol–water partition coefficient (Wildman–Crippen LogP) is 3.63. The summed E-state index contributed by atoms with van der Waals surface area (Å²) in [5.74, 6) is 0. The number of benzene rings is 1. The van der Waals surface area contributed by atoms with Gasteiger partial charge in [0, 0.05) is 36.4 Å². The maximum atomic E-state index is 6.18. The van der Waals surface area contributed by atoms with Gasteiger partial charge in [-0.25, -0.2) is 0 Å². The fraction of sp³-hybridized carbons (Fsp3) is 0.647. The second-order valence-corrected chi connectivity index (χ2v) is 6.26. The van der Waals surface area contributed by atoms with E-state index in [0.717, 1.165) is 44.0 Å². The second kappa shape index (κ2) is 8.02. The summed E-state index contributed by atoms with van der Waals surface area (Å²) in [6.45, 7) is 7.13. The van der Waals surface area contributed by atoms with Crippen LogP contribution in [0.25, 0.3) is 0 Å². The van der Waals surface area contributed by atoms with Crippen LogP contribution in [0.1, 0.15) is 38.7 Å². The first kappa shape index (κ1) is 16.6. The number of nitrogens with zero attached hydrogens (tertiary/aromatic N) is 1. The average molecular weight is 311 g/mol. The first-order valence-corrected chi connectivity index (χ1v) is 8.42. The lowest BCUT2D eigenvalue weighted by atomic mass is 10.0. The van der Waals surface area contributed by atoms with E-state index >= 15 is 0 Å². The number of nitrogens with two attached hydrogens (primary N) is 1. The maximum absolute atomic E-state index is 6.18. The number of anilines is 1. The molecule has 4 heteroatoms. The number of ether oxygens (including phenoxy) is 1. The van der Waals surface area contributed by atoms with Gasteiger partial charge in [-0.2, -0.15) is 0 Å². The Bertz CT molecular complexity index is 446. The zero-order chi connectivity index (χ0) is 15.2. The van der Waals surface area contributed by atoms with Gasteiger partial charge in [0.1, 0.15) is 0 Å². The molecule has 1 aliphatic heterocycles. The molecule has 1 saturated heterocycles. The third kappa shape index (κ3) is 4.60. The SMILES string of the molecule is CCC(N)Cc1cc(Cl)ccc1N(CC)CC1CCCO1. The van der Waals surface area contributed by atoms with E-state index in [1.807, 2.05) is 6.07 Å². The van der Waals surface area contributed by atoms with Crippen LogP contribution in [0.15, 0.2) is 18.2 Å². The molecule has 0 amide bonds. The van der Waals surface area contributed by atoms with Crippen molar-refractivity contribution in [3.8, 4) is 0 Å². The summed E-state index contributed by atoms with van der Waals surface area (Å²) in [7, 11) is 0. The van der Waals surface area contributed by atoms with E-state index in [9.17, 15) is 0 Å². The predicted molar refractivity (Wildman–Crippen MR) is 90.3 cm³/mol. The van der Waals surface area contributed by atoms with Gasteiger partial charge in [-0.15, -0.1) is 0 Å². The summed E-state index contributed by atoms with van der Waals surface area (Å²) in [5.41, 5.74) is 8.64. The van der Waals surface area contributed by atoms with Crippen LogP contribution >= 0.6 is 11.6 Å². The molecule has 1 aliphatic rings. The van der Waals surface area contributed by atoms with Crippen LogP contribution in [0.2, 0.25) is 5.02 Å². The van der Waals surface area contributed by atoms with Crippen LogP contribution in [0.5, 0.6) is 0 Å². The molecule has 2 atom stereocenters. The van der Waals surface area contributed by atoms with Crippen molar-refractivity contribution in [3.05, 3.63) is 28.8 Å². The van der Waals surface area contributed by atoms with Crippen molar-refractivity contribution in [2.75, 3.05) is 24.6 Å². The molecule has 1 aromatic carbocycles. The highest BCUT2D eigenvalue weighted by atomic mass is 35.5. The van der Waals surface area contributed by atoms with Crippen molar-refractivity contribution in [2.45, 2.75) is 51.7 Å². The molecular formula is C17H27ClN2O. The number of likely N-dealkylation sites (N-methyl/N-ethyl adjacent to an activating group) is 1. The van der Waals surface area contributed by atoms with E-state index < -0.39 is 0 Å². The minimum atomic E-state index is 0.184. The molecule has 1 fully saturated rings. The van der Waals surface area contributed by atoms with E-state index in [4.69, 9.17) is 22.1 Å². The van der Waals surface area contributed by atoms with Crippen molar-refractivity contribution in [3.63, 3.8) is 0 Å². The van der Waals surface area contributed by atoms with Crippen LogP contribution in [-0.2, 0) is 11.2 Å². The van der Waals surface area contributed by atoms with Crippen molar-refractivity contribution in [1.82, 2.24) is 0 Å². The molecular weight excluding hydrogens is 284 g/mol. The quantitative estimate of drug-likeness (QED) is 0.836. The highest BCUT2D eigenvalue weighted by molar-refractivity contribution is 6.30. The summed E-state index contributed by atoms with van der Waals surface area (Å²) in [6, 6.07) is 6.34. The van der Waals surface area contributed by atoms with Gasteiger partial charge >= 0.3 is 0 Å². The fourth-order valence-electron chi connectivity index (χ4n) is 2.88. The molecule has 0 aromatic heterocycles. The van der Waals surface area contributed by atoms with Crippen molar-refractivity contribution in [1.29, 1.82) is 0 Å².